The zero-order valence-electron chi connectivity index (χ0n) is 8.95. The van der Waals surface area contributed by atoms with E-state index in [9.17, 15) is 9.18 Å². The lowest BCUT2D eigenvalue weighted by molar-refractivity contribution is 0.102. The molecule has 1 N–H and O–H groups in total. The summed E-state index contributed by atoms with van der Waals surface area (Å²) >= 11 is 6.25. The minimum atomic E-state index is -0.482. The second-order valence-corrected chi connectivity index (χ2v) is 5.01. The molecule has 18 heavy (non-hydrogen) atoms. The molecule has 0 atom stereocenters. The Morgan fingerprint density at radius 2 is 1.89 bits per heavy atom. The van der Waals surface area contributed by atoms with Gasteiger partial charge in [-0.3, -0.25) is 4.79 Å². The van der Waals surface area contributed by atoms with E-state index in [1.54, 1.807) is 18.2 Å². The first-order valence-corrected chi connectivity index (χ1v) is 6.54. The molecule has 1 amide bonds. The van der Waals surface area contributed by atoms with Crippen LogP contribution in [0.1, 0.15) is 10.4 Å². The number of amides is 1. The quantitative estimate of drug-likeness (QED) is 0.808. The fraction of sp³-hybridized carbons (Fsp3) is 0. The van der Waals surface area contributed by atoms with Crippen LogP contribution in [0.3, 0.4) is 0 Å². The number of benzene rings is 1. The standard InChI is InChI=1S/C12H7Br2FN2O/c13-9-5-2-6-10(16-9)17-12(18)7-3-1-4-8(15)11(7)14/h1-6H,(H,16,17,18). The van der Waals surface area contributed by atoms with Crippen LogP contribution >= 0.6 is 31.9 Å². The van der Waals surface area contributed by atoms with E-state index in [1.165, 1.54) is 18.2 Å². The monoisotopic (exact) mass is 372 g/mol. The molecule has 1 aromatic carbocycles. The van der Waals surface area contributed by atoms with Crippen molar-refractivity contribution in [1.82, 2.24) is 4.98 Å². The number of nitrogens with zero attached hydrogens (tertiary/aromatic N) is 1. The highest BCUT2D eigenvalue weighted by atomic mass is 79.9. The fourth-order valence-corrected chi connectivity index (χ4v) is 2.13. The van der Waals surface area contributed by atoms with Gasteiger partial charge in [-0.25, -0.2) is 9.37 Å². The molecule has 1 aromatic heterocycles. The molecule has 0 fully saturated rings. The van der Waals surface area contributed by atoms with Gasteiger partial charge in [-0.15, -0.1) is 0 Å². The van der Waals surface area contributed by atoms with Gasteiger partial charge in [0.15, 0.2) is 0 Å². The van der Waals surface area contributed by atoms with Crippen LogP contribution in [0.25, 0.3) is 0 Å². The van der Waals surface area contributed by atoms with E-state index < -0.39 is 11.7 Å². The zero-order valence-corrected chi connectivity index (χ0v) is 12.1. The molecule has 0 saturated heterocycles. The summed E-state index contributed by atoms with van der Waals surface area (Å²) < 4.78 is 14.0. The number of carbonyl (C=O) groups is 1. The molecule has 0 spiro atoms. The topological polar surface area (TPSA) is 42.0 Å². The maximum atomic E-state index is 13.3. The van der Waals surface area contributed by atoms with Crippen LogP contribution in [0.2, 0.25) is 0 Å². The van der Waals surface area contributed by atoms with Crippen molar-refractivity contribution < 1.29 is 9.18 Å². The van der Waals surface area contributed by atoms with Crippen LogP contribution in [0.5, 0.6) is 0 Å². The summed E-state index contributed by atoms with van der Waals surface area (Å²) in [5.41, 5.74) is 0.219. The third-order valence-corrected chi connectivity index (χ3v) is 3.40. The Morgan fingerprint density at radius 1 is 1.17 bits per heavy atom. The van der Waals surface area contributed by atoms with Crippen molar-refractivity contribution in [3.8, 4) is 0 Å². The van der Waals surface area contributed by atoms with Gasteiger partial charge in [-0.2, -0.15) is 0 Å². The molecule has 0 aliphatic heterocycles. The predicted molar refractivity (Wildman–Crippen MR) is 74.0 cm³/mol. The van der Waals surface area contributed by atoms with E-state index in [0.29, 0.717) is 10.4 Å². The van der Waals surface area contributed by atoms with E-state index in [4.69, 9.17) is 0 Å². The van der Waals surface area contributed by atoms with Crippen molar-refractivity contribution in [1.29, 1.82) is 0 Å². The smallest absolute Gasteiger partial charge is 0.258 e. The molecular formula is C12H7Br2FN2O. The molecule has 92 valence electrons. The molecule has 0 radical (unpaired) electrons. The summed E-state index contributed by atoms with van der Waals surface area (Å²) in [6, 6.07) is 9.42. The van der Waals surface area contributed by atoms with Crippen LogP contribution in [-0.2, 0) is 0 Å². The van der Waals surface area contributed by atoms with Gasteiger partial charge >= 0.3 is 0 Å². The summed E-state index contributed by atoms with van der Waals surface area (Å²) in [5.74, 6) is -0.512. The minimum absolute atomic E-state index is 0.137. The Balaban J connectivity index is 2.25. The largest absolute Gasteiger partial charge is 0.306 e. The number of aromatic nitrogens is 1. The maximum absolute atomic E-state index is 13.3. The Bertz CT molecular complexity index is 604. The molecule has 0 aliphatic rings. The number of hydrogen-bond donors (Lipinski definition) is 1. The molecule has 0 unspecified atom stereocenters. The molecule has 2 aromatic rings. The Hall–Kier alpha value is -1.27. The number of rotatable bonds is 2. The van der Waals surface area contributed by atoms with Crippen LogP contribution in [-0.4, -0.2) is 10.9 Å². The average Bonchev–Trinajstić information content (AvgIpc) is 2.32. The summed E-state index contributed by atoms with van der Waals surface area (Å²) in [5, 5.41) is 2.59. The average molecular weight is 374 g/mol. The van der Waals surface area contributed by atoms with Crippen LogP contribution < -0.4 is 5.32 Å². The normalized spacial score (nSPS) is 10.2. The van der Waals surface area contributed by atoms with Crippen molar-refractivity contribution >= 4 is 43.6 Å². The van der Waals surface area contributed by atoms with Gasteiger partial charge in [0, 0.05) is 0 Å². The molecule has 3 nitrogen and oxygen atoms in total. The molecule has 0 aliphatic carbocycles. The van der Waals surface area contributed by atoms with E-state index in [-0.39, 0.29) is 10.0 Å². The SMILES string of the molecule is O=C(Nc1cccc(Br)n1)c1cccc(F)c1Br. The van der Waals surface area contributed by atoms with Gasteiger partial charge in [0.25, 0.3) is 5.91 Å². The van der Waals surface area contributed by atoms with Crippen molar-refractivity contribution in [2.24, 2.45) is 0 Å². The van der Waals surface area contributed by atoms with Crippen molar-refractivity contribution in [3.63, 3.8) is 0 Å². The lowest BCUT2D eigenvalue weighted by Crippen LogP contribution is -2.14. The highest BCUT2D eigenvalue weighted by Gasteiger charge is 2.13. The lowest BCUT2D eigenvalue weighted by Gasteiger charge is -2.06. The van der Waals surface area contributed by atoms with E-state index in [2.05, 4.69) is 42.2 Å². The van der Waals surface area contributed by atoms with Crippen molar-refractivity contribution in [2.45, 2.75) is 0 Å². The van der Waals surface area contributed by atoms with Crippen LogP contribution in [0, 0.1) is 5.82 Å². The van der Waals surface area contributed by atoms with Gasteiger partial charge in [0.1, 0.15) is 16.2 Å². The third kappa shape index (κ3) is 2.94. The van der Waals surface area contributed by atoms with Crippen LogP contribution in [0.4, 0.5) is 10.2 Å². The molecule has 1 heterocycles. The number of nitrogens with one attached hydrogen (secondary N) is 1. The van der Waals surface area contributed by atoms with Gasteiger partial charge in [-0.1, -0.05) is 12.1 Å². The maximum Gasteiger partial charge on any atom is 0.258 e. The first-order chi connectivity index (χ1) is 8.58. The molecule has 6 heteroatoms. The van der Waals surface area contributed by atoms with Crippen LogP contribution in [0.15, 0.2) is 45.5 Å². The third-order valence-electron chi connectivity index (χ3n) is 2.15. The molecule has 0 bridgehead atoms. The lowest BCUT2D eigenvalue weighted by atomic mass is 10.2. The van der Waals surface area contributed by atoms with Gasteiger partial charge in [0.05, 0.1) is 10.0 Å². The van der Waals surface area contributed by atoms with E-state index in [0.717, 1.165) is 0 Å². The van der Waals surface area contributed by atoms with Gasteiger partial charge in [-0.05, 0) is 56.1 Å². The number of carbonyl (C=O) groups excluding carboxylic acids is 1. The Morgan fingerprint density at radius 3 is 2.61 bits per heavy atom. The molecule has 2 rings (SSSR count). The zero-order chi connectivity index (χ0) is 13.1. The minimum Gasteiger partial charge on any atom is -0.306 e. The fourth-order valence-electron chi connectivity index (χ4n) is 1.34. The predicted octanol–water partition coefficient (Wildman–Crippen LogP) is 4.00. The highest BCUT2D eigenvalue weighted by Crippen LogP contribution is 2.21. The number of anilines is 1. The summed E-state index contributed by atoms with van der Waals surface area (Å²) in [6.45, 7) is 0. The Labute approximate surface area is 120 Å². The molecular weight excluding hydrogens is 367 g/mol. The number of halogens is 3. The Kier molecular flexibility index (Phi) is 4.08. The van der Waals surface area contributed by atoms with E-state index in [1.807, 2.05) is 0 Å². The van der Waals surface area contributed by atoms with Crippen molar-refractivity contribution in [3.05, 3.63) is 56.9 Å². The number of hydrogen-bond acceptors (Lipinski definition) is 2. The first-order valence-electron chi connectivity index (χ1n) is 4.96. The van der Waals surface area contributed by atoms with Gasteiger partial charge in [0.2, 0.25) is 0 Å². The summed E-state index contributed by atoms with van der Waals surface area (Å²) in [4.78, 5) is 16.0. The summed E-state index contributed by atoms with van der Waals surface area (Å²) in [6.07, 6.45) is 0. The van der Waals surface area contributed by atoms with Gasteiger partial charge < -0.3 is 5.32 Å². The molecule has 0 saturated carbocycles. The second kappa shape index (κ2) is 5.58. The number of pyridine rings is 1. The van der Waals surface area contributed by atoms with E-state index >= 15 is 0 Å². The second-order valence-electron chi connectivity index (χ2n) is 3.40. The van der Waals surface area contributed by atoms with Crippen molar-refractivity contribution in [2.75, 3.05) is 5.32 Å². The summed E-state index contributed by atoms with van der Waals surface area (Å²) in [7, 11) is 0. The highest BCUT2D eigenvalue weighted by molar-refractivity contribution is 9.10. The first kappa shape index (κ1) is 13.2.